The fourth-order valence-electron chi connectivity index (χ4n) is 3.54. The Morgan fingerprint density at radius 1 is 0.889 bits per heavy atom. The van der Waals surface area contributed by atoms with E-state index in [0.29, 0.717) is 17.1 Å². The van der Waals surface area contributed by atoms with Crippen LogP contribution in [0.25, 0.3) is 5.69 Å². The van der Waals surface area contributed by atoms with Crippen LogP contribution in [0.2, 0.25) is 0 Å². The molecule has 36 heavy (non-hydrogen) atoms. The van der Waals surface area contributed by atoms with E-state index in [2.05, 4.69) is 41.5 Å². The minimum Gasteiger partial charge on any atom is -0.437 e. The van der Waals surface area contributed by atoms with E-state index in [0.717, 1.165) is 22.5 Å². The van der Waals surface area contributed by atoms with Crippen molar-refractivity contribution in [3.63, 3.8) is 0 Å². The van der Waals surface area contributed by atoms with Gasteiger partial charge in [0, 0.05) is 17.4 Å². The lowest BCUT2D eigenvalue weighted by molar-refractivity contribution is -0.142. The van der Waals surface area contributed by atoms with Crippen LogP contribution in [0.4, 0.5) is 29.3 Å². The summed E-state index contributed by atoms with van der Waals surface area (Å²) in [5, 5.41) is 9.09. The number of hydrogen-bond donors (Lipinski definition) is 2. The Hall–Kier alpha value is -4.34. The minimum absolute atomic E-state index is 0.167. The molecule has 0 spiro atoms. The molecule has 2 heterocycles. The summed E-state index contributed by atoms with van der Waals surface area (Å²) in [6, 6.07) is 17.1. The Morgan fingerprint density at radius 2 is 1.61 bits per heavy atom. The third-order valence-corrected chi connectivity index (χ3v) is 5.22. The van der Waals surface area contributed by atoms with Gasteiger partial charge in [-0.05, 0) is 53.9 Å². The Morgan fingerprint density at radius 3 is 2.31 bits per heavy atom. The lowest BCUT2D eigenvalue weighted by Gasteiger charge is -2.22. The zero-order valence-corrected chi connectivity index (χ0v) is 19.8. The van der Waals surface area contributed by atoms with Gasteiger partial charge in [0.2, 0.25) is 5.88 Å². The molecule has 0 saturated heterocycles. The van der Waals surface area contributed by atoms with Gasteiger partial charge >= 0.3 is 12.2 Å². The number of urea groups is 1. The molecule has 0 aliphatic rings. The third kappa shape index (κ3) is 5.65. The standard InChI is InChI=1S/C26H24F3N5O2/c1-25(2,3)19-7-4-5-9-21(19)36-23-20(8-6-15-30-23)33-24(35)32-17-10-12-18(13-11-17)34-22(14-16-31-34)26(27,28)29/h4-16H,1-3H3,(H2,32,33,35). The number of nitrogens with zero attached hydrogens (tertiary/aromatic N) is 3. The average molecular weight is 496 g/mol. The Balaban J connectivity index is 1.47. The number of carbonyl (C=O) groups excluding carboxylic acids is 1. The highest BCUT2D eigenvalue weighted by Gasteiger charge is 2.35. The Kier molecular flexibility index (Phi) is 6.69. The Bertz CT molecular complexity index is 1360. The number of benzene rings is 2. The SMILES string of the molecule is CC(C)(C)c1ccccc1Oc1ncccc1NC(=O)Nc1ccc(-n2nccc2C(F)(F)F)cc1. The van der Waals surface area contributed by atoms with Crippen LogP contribution in [0.5, 0.6) is 11.6 Å². The van der Waals surface area contributed by atoms with Gasteiger partial charge in [-0.2, -0.15) is 18.3 Å². The number of rotatable bonds is 5. The number of para-hydroxylation sites is 1. The second-order valence-corrected chi connectivity index (χ2v) is 8.96. The van der Waals surface area contributed by atoms with Gasteiger partial charge < -0.3 is 15.4 Å². The second kappa shape index (κ2) is 9.73. The number of amides is 2. The van der Waals surface area contributed by atoms with E-state index in [1.165, 1.54) is 24.3 Å². The highest BCUT2D eigenvalue weighted by Crippen LogP contribution is 2.35. The van der Waals surface area contributed by atoms with Crippen molar-refractivity contribution in [3.8, 4) is 17.3 Å². The summed E-state index contributed by atoms with van der Waals surface area (Å²) in [5.41, 5.74) is 0.858. The lowest BCUT2D eigenvalue weighted by atomic mass is 9.86. The number of nitrogens with one attached hydrogen (secondary N) is 2. The third-order valence-electron chi connectivity index (χ3n) is 5.22. The van der Waals surface area contributed by atoms with Crippen LogP contribution in [0.15, 0.2) is 79.1 Å². The van der Waals surface area contributed by atoms with Crippen LogP contribution >= 0.6 is 0 Å². The van der Waals surface area contributed by atoms with E-state index in [4.69, 9.17) is 4.74 Å². The molecule has 7 nitrogen and oxygen atoms in total. The van der Waals surface area contributed by atoms with Crippen LogP contribution in [-0.4, -0.2) is 20.8 Å². The molecule has 0 fully saturated rings. The zero-order chi connectivity index (χ0) is 25.9. The highest BCUT2D eigenvalue weighted by atomic mass is 19.4. The predicted octanol–water partition coefficient (Wildman–Crippen LogP) is 7.02. The molecule has 0 aliphatic carbocycles. The summed E-state index contributed by atoms with van der Waals surface area (Å²) in [4.78, 5) is 16.9. The van der Waals surface area contributed by atoms with Gasteiger partial charge in [0.25, 0.3) is 0 Å². The van der Waals surface area contributed by atoms with Gasteiger partial charge in [-0.25, -0.2) is 14.5 Å². The van der Waals surface area contributed by atoms with Crippen molar-refractivity contribution in [3.05, 3.63) is 90.4 Å². The monoisotopic (exact) mass is 495 g/mol. The van der Waals surface area contributed by atoms with Gasteiger partial charge in [-0.15, -0.1) is 0 Å². The van der Waals surface area contributed by atoms with Crippen LogP contribution in [0, 0.1) is 0 Å². The number of halogens is 3. The smallest absolute Gasteiger partial charge is 0.433 e. The van der Waals surface area contributed by atoms with Crippen molar-refractivity contribution in [2.24, 2.45) is 0 Å². The molecule has 0 saturated carbocycles. The molecule has 2 N–H and O–H groups in total. The average Bonchev–Trinajstić information content (AvgIpc) is 3.31. The molecular weight excluding hydrogens is 471 g/mol. The predicted molar refractivity (Wildman–Crippen MR) is 131 cm³/mol. The van der Waals surface area contributed by atoms with Gasteiger partial charge in [0.05, 0.1) is 11.9 Å². The Labute approximate surface area is 205 Å². The number of ether oxygens (including phenoxy) is 1. The van der Waals surface area contributed by atoms with E-state index < -0.39 is 17.9 Å². The van der Waals surface area contributed by atoms with Crippen molar-refractivity contribution < 1.29 is 22.7 Å². The number of hydrogen-bond acceptors (Lipinski definition) is 4. The quantitative estimate of drug-likeness (QED) is 0.312. The van der Waals surface area contributed by atoms with Gasteiger partial charge in [0.1, 0.15) is 17.1 Å². The van der Waals surface area contributed by atoms with Crippen LogP contribution in [-0.2, 0) is 11.6 Å². The minimum atomic E-state index is -4.54. The first-order valence-corrected chi connectivity index (χ1v) is 11.0. The zero-order valence-electron chi connectivity index (χ0n) is 19.8. The molecule has 2 aromatic heterocycles. The van der Waals surface area contributed by atoms with Crippen molar-refractivity contribution in [2.45, 2.75) is 32.4 Å². The fraction of sp³-hybridized carbons (Fsp3) is 0.192. The van der Waals surface area contributed by atoms with Gasteiger partial charge in [0.15, 0.2) is 0 Å². The summed E-state index contributed by atoms with van der Waals surface area (Å²) < 4.78 is 46.3. The van der Waals surface area contributed by atoms with Crippen molar-refractivity contribution in [1.82, 2.24) is 14.8 Å². The molecule has 0 unspecified atom stereocenters. The molecule has 186 valence electrons. The van der Waals surface area contributed by atoms with Crippen molar-refractivity contribution in [1.29, 1.82) is 0 Å². The van der Waals surface area contributed by atoms with Crippen LogP contribution in [0.3, 0.4) is 0 Å². The van der Waals surface area contributed by atoms with E-state index in [-0.39, 0.29) is 17.0 Å². The van der Waals surface area contributed by atoms with Gasteiger partial charge in [-0.3, -0.25) is 0 Å². The summed E-state index contributed by atoms with van der Waals surface area (Å²) in [6.07, 6.45) is -1.90. The molecule has 0 bridgehead atoms. The van der Waals surface area contributed by atoms with Gasteiger partial charge in [-0.1, -0.05) is 39.0 Å². The number of anilines is 2. The highest BCUT2D eigenvalue weighted by molar-refractivity contribution is 6.00. The largest absolute Gasteiger partial charge is 0.437 e. The topological polar surface area (TPSA) is 81.1 Å². The molecule has 0 atom stereocenters. The van der Waals surface area contributed by atoms with E-state index in [1.54, 1.807) is 18.3 Å². The number of pyridine rings is 1. The summed E-state index contributed by atoms with van der Waals surface area (Å²) in [6.45, 7) is 6.21. The second-order valence-electron chi connectivity index (χ2n) is 8.96. The lowest BCUT2D eigenvalue weighted by Crippen LogP contribution is -2.20. The van der Waals surface area contributed by atoms with E-state index >= 15 is 0 Å². The van der Waals surface area contributed by atoms with Crippen LogP contribution in [0.1, 0.15) is 32.0 Å². The molecular formula is C26H24F3N5O2. The first-order chi connectivity index (χ1) is 17.0. The molecule has 0 radical (unpaired) electrons. The molecule has 2 aromatic carbocycles. The normalized spacial score (nSPS) is 11.7. The first-order valence-electron chi connectivity index (χ1n) is 11.0. The van der Waals surface area contributed by atoms with Crippen LogP contribution < -0.4 is 15.4 Å². The summed E-state index contributed by atoms with van der Waals surface area (Å²) in [7, 11) is 0. The molecule has 4 rings (SSSR count). The summed E-state index contributed by atoms with van der Waals surface area (Å²) >= 11 is 0. The number of carbonyl (C=O) groups is 1. The fourth-order valence-corrected chi connectivity index (χ4v) is 3.54. The molecule has 4 aromatic rings. The molecule has 2 amide bonds. The van der Waals surface area contributed by atoms with Crippen molar-refractivity contribution >= 4 is 17.4 Å². The molecule has 10 heteroatoms. The van der Waals surface area contributed by atoms with Crippen molar-refractivity contribution in [2.75, 3.05) is 10.6 Å². The maximum absolute atomic E-state index is 13.1. The molecule has 0 aliphatic heterocycles. The number of aromatic nitrogens is 3. The van der Waals surface area contributed by atoms with E-state index in [1.807, 2.05) is 24.3 Å². The van der Waals surface area contributed by atoms with E-state index in [9.17, 15) is 18.0 Å². The maximum Gasteiger partial charge on any atom is 0.433 e. The summed E-state index contributed by atoms with van der Waals surface area (Å²) in [5.74, 6) is 0.845. The first kappa shape index (κ1) is 24.8. The number of alkyl halides is 3. The maximum atomic E-state index is 13.1.